The van der Waals surface area contributed by atoms with E-state index in [1.807, 2.05) is 0 Å². The number of hydrogen-bond donors (Lipinski definition) is 0. The van der Waals surface area contributed by atoms with Crippen molar-refractivity contribution >= 4 is 34.1 Å². The second-order valence-electron chi connectivity index (χ2n) is 19.2. The zero-order valence-corrected chi connectivity index (χ0v) is 40.3. The fraction of sp³-hybridized carbons (Fsp3) is 0.333. The van der Waals surface area contributed by atoms with Crippen molar-refractivity contribution in [2.24, 2.45) is 0 Å². The Hall–Kier alpha value is -5.86. The predicted octanol–water partition coefficient (Wildman–Crippen LogP) is 19.3. The van der Waals surface area contributed by atoms with Crippen LogP contribution in [-0.2, 0) is 5.41 Å². The van der Waals surface area contributed by atoms with Gasteiger partial charge in [0, 0.05) is 39.5 Å². The highest BCUT2D eigenvalue weighted by Gasteiger charge is 2.42. The summed E-state index contributed by atoms with van der Waals surface area (Å²) in [6.07, 6.45) is 18.4. The van der Waals surface area contributed by atoms with Gasteiger partial charge in [0.15, 0.2) is 0 Å². The van der Waals surface area contributed by atoms with E-state index in [-0.39, 0.29) is 5.41 Å². The number of anilines is 6. The molecule has 0 unspecified atom stereocenters. The molecule has 0 amide bonds. The average Bonchev–Trinajstić information content (AvgIpc) is 3.59. The topological polar surface area (TPSA) is 6.48 Å². The second-order valence-corrected chi connectivity index (χ2v) is 19.2. The first-order valence-corrected chi connectivity index (χ1v) is 25.0. The van der Waals surface area contributed by atoms with Gasteiger partial charge in [0.05, 0.1) is 0 Å². The summed E-state index contributed by atoms with van der Waals surface area (Å²) >= 11 is 0. The molecule has 7 aromatic carbocycles. The van der Waals surface area contributed by atoms with Gasteiger partial charge in [-0.25, -0.2) is 0 Å². The largest absolute Gasteiger partial charge is 0.311 e. The van der Waals surface area contributed by atoms with E-state index in [1.165, 1.54) is 134 Å². The zero-order valence-electron chi connectivity index (χ0n) is 40.3. The summed E-state index contributed by atoms with van der Waals surface area (Å²) < 4.78 is 0. The van der Waals surface area contributed by atoms with E-state index >= 15 is 0 Å². The van der Waals surface area contributed by atoms with Crippen LogP contribution in [0.1, 0.15) is 137 Å². The van der Waals surface area contributed by atoms with Crippen LogP contribution >= 0.6 is 0 Å². The molecule has 8 rings (SSSR count). The second kappa shape index (κ2) is 21.4. The van der Waals surface area contributed by atoms with Crippen molar-refractivity contribution in [1.29, 1.82) is 0 Å². The van der Waals surface area contributed by atoms with Crippen LogP contribution in [0.2, 0.25) is 0 Å². The highest BCUT2D eigenvalue weighted by Crippen LogP contribution is 2.55. The lowest BCUT2D eigenvalue weighted by Crippen LogP contribution is -2.25. The molecule has 0 radical (unpaired) electrons. The lowest BCUT2D eigenvalue weighted by Gasteiger charge is -2.33. The Bertz CT molecular complexity index is 2520. The van der Waals surface area contributed by atoms with Crippen molar-refractivity contribution in [2.45, 2.75) is 137 Å². The van der Waals surface area contributed by atoms with E-state index in [9.17, 15) is 0 Å². The van der Waals surface area contributed by atoms with Gasteiger partial charge in [0.2, 0.25) is 0 Å². The molecule has 0 saturated heterocycles. The summed E-state index contributed by atoms with van der Waals surface area (Å²) in [5, 5.41) is 0. The molecule has 0 saturated carbocycles. The lowest BCUT2D eigenvalue weighted by molar-refractivity contribution is 0.398. The Morgan fingerprint density at radius 2 is 0.615 bits per heavy atom. The first-order chi connectivity index (χ1) is 31.8. The molecule has 0 atom stereocenters. The molecule has 0 heterocycles. The molecule has 0 bridgehead atoms. The van der Waals surface area contributed by atoms with Crippen LogP contribution in [0.25, 0.3) is 22.3 Å². The molecular weight excluding hydrogens is 785 g/mol. The van der Waals surface area contributed by atoms with Crippen LogP contribution in [0.3, 0.4) is 0 Å². The molecule has 0 aromatic heterocycles. The number of nitrogens with zero attached hydrogens (tertiary/aromatic N) is 2. The van der Waals surface area contributed by atoms with Gasteiger partial charge in [0.1, 0.15) is 0 Å². The molecule has 2 heteroatoms. The van der Waals surface area contributed by atoms with E-state index in [0.29, 0.717) is 0 Å². The molecule has 1 aliphatic carbocycles. The highest BCUT2D eigenvalue weighted by molar-refractivity contribution is 5.86. The molecule has 65 heavy (non-hydrogen) atoms. The number of benzene rings is 7. The van der Waals surface area contributed by atoms with Crippen molar-refractivity contribution < 1.29 is 0 Å². The quantitative estimate of drug-likeness (QED) is 0.0665. The molecule has 0 N–H and O–H groups in total. The Labute approximate surface area is 392 Å². The Balaban J connectivity index is 1.13. The standard InChI is InChI=1S/C63H72N2/c1-7-9-11-13-15-17-43-63(44-18-16-14-12-10-8-2)61-45-50(6)25-41-59(61)60-42-28-52(46-62(60)63)51-26-35-56(36-27-51)65(55-33-23-49(5)24-34-55)58-39-37-57(38-40-58)64(53-29-19-47(3)20-30-53)54-31-21-48(4)22-32-54/h19-42,45-46H,7-18,43-44H2,1-6H3. The first-order valence-electron chi connectivity index (χ1n) is 25.0. The highest BCUT2D eigenvalue weighted by atomic mass is 15.2. The SMILES string of the molecule is CCCCCCCCC1(CCCCCCCC)c2cc(C)ccc2-c2ccc(-c3ccc(N(c4ccc(C)cc4)c4ccc(N(c5ccc(C)cc5)c5ccc(C)cc5)cc4)cc3)cc21. The van der Waals surface area contributed by atoms with Gasteiger partial charge >= 0.3 is 0 Å². The summed E-state index contributed by atoms with van der Waals surface area (Å²) in [5.41, 5.74) is 20.7. The van der Waals surface area contributed by atoms with Crippen LogP contribution in [0.5, 0.6) is 0 Å². The molecule has 334 valence electrons. The number of unbranched alkanes of at least 4 members (excludes halogenated alkanes) is 10. The maximum atomic E-state index is 2.60. The van der Waals surface area contributed by atoms with Gasteiger partial charge in [-0.05, 0) is 153 Å². The van der Waals surface area contributed by atoms with Crippen LogP contribution < -0.4 is 9.80 Å². The molecule has 2 nitrogen and oxygen atoms in total. The van der Waals surface area contributed by atoms with Crippen molar-refractivity contribution in [3.8, 4) is 22.3 Å². The van der Waals surface area contributed by atoms with E-state index in [2.05, 4.69) is 209 Å². The fourth-order valence-electron chi connectivity index (χ4n) is 10.4. The molecule has 0 spiro atoms. The lowest BCUT2D eigenvalue weighted by atomic mass is 9.70. The third-order valence-electron chi connectivity index (χ3n) is 14.1. The maximum absolute atomic E-state index is 2.60. The zero-order chi connectivity index (χ0) is 45.2. The summed E-state index contributed by atoms with van der Waals surface area (Å²) in [7, 11) is 0. The van der Waals surface area contributed by atoms with E-state index in [4.69, 9.17) is 0 Å². The van der Waals surface area contributed by atoms with Crippen LogP contribution in [0.4, 0.5) is 34.1 Å². The van der Waals surface area contributed by atoms with Crippen molar-refractivity contribution in [3.63, 3.8) is 0 Å². The van der Waals surface area contributed by atoms with Gasteiger partial charge in [-0.3, -0.25) is 0 Å². The number of aryl methyl sites for hydroxylation is 4. The van der Waals surface area contributed by atoms with Crippen molar-refractivity contribution in [3.05, 3.63) is 191 Å². The Morgan fingerprint density at radius 3 is 1.03 bits per heavy atom. The molecule has 1 aliphatic rings. The van der Waals surface area contributed by atoms with Crippen molar-refractivity contribution in [1.82, 2.24) is 0 Å². The summed E-state index contributed by atoms with van der Waals surface area (Å²) in [5.74, 6) is 0. The molecule has 0 aliphatic heterocycles. The van der Waals surface area contributed by atoms with Gasteiger partial charge in [-0.15, -0.1) is 0 Å². The van der Waals surface area contributed by atoms with Gasteiger partial charge in [-0.1, -0.05) is 192 Å². The van der Waals surface area contributed by atoms with Gasteiger partial charge in [-0.2, -0.15) is 0 Å². The number of rotatable bonds is 21. The minimum absolute atomic E-state index is 0.0606. The van der Waals surface area contributed by atoms with E-state index in [1.54, 1.807) is 11.1 Å². The van der Waals surface area contributed by atoms with Crippen LogP contribution in [-0.4, -0.2) is 0 Å². The van der Waals surface area contributed by atoms with Crippen molar-refractivity contribution in [2.75, 3.05) is 9.80 Å². The first kappa shape index (κ1) is 45.7. The van der Waals surface area contributed by atoms with Gasteiger partial charge in [0.25, 0.3) is 0 Å². The third kappa shape index (κ3) is 10.5. The Morgan fingerprint density at radius 1 is 0.308 bits per heavy atom. The van der Waals surface area contributed by atoms with Gasteiger partial charge < -0.3 is 9.80 Å². The predicted molar refractivity (Wildman–Crippen MR) is 282 cm³/mol. The number of hydrogen-bond acceptors (Lipinski definition) is 2. The minimum Gasteiger partial charge on any atom is -0.311 e. The molecule has 7 aromatic rings. The summed E-state index contributed by atoms with van der Waals surface area (Å²) in [4.78, 5) is 4.74. The normalized spacial score (nSPS) is 12.5. The summed E-state index contributed by atoms with van der Waals surface area (Å²) in [6, 6.07) is 59.7. The van der Waals surface area contributed by atoms with Crippen LogP contribution in [0, 0.1) is 27.7 Å². The van der Waals surface area contributed by atoms with E-state index < -0.39 is 0 Å². The van der Waals surface area contributed by atoms with E-state index in [0.717, 1.165) is 34.1 Å². The van der Waals surface area contributed by atoms with Crippen LogP contribution in [0.15, 0.2) is 158 Å². The monoisotopic (exact) mass is 857 g/mol. The minimum atomic E-state index is 0.0606. The molecule has 0 fully saturated rings. The average molecular weight is 857 g/mol. The number of fused-ring (bicyclic) bond motifs is 3. The maximum Gasteiger partial charge on any atom is 0.0463 e. The fourth-order valence-corrected chi connectivity index (χ4v) is 10.4. The molecular formula is C63H72N2. The smallest absolute Gasteiger partial charge is 0.0463 e. The Kier molecular flexibility index (Phi) is 15.1. The summed E-state index contributed by atoms with van der Waals surface area (Å²) in [6.45, 7) is 13.4. The third-order valence-corrected chi connectivity index (χ3v) is 14.1.